The first-order valence-electron chi connectivity index (χ1n) is 6.57. The second kappa shape index (κ2) is 6.13. The molecular formula is C15H12FN5O. The molecule has 22 heavy (non-hydrogen) atoms. The number of carbonyl (C=O) groups is 1. The fraction of sp³-hybridized carbons (Fsp3) is 0.0667. The Morgan fingerprint density at radius 2 is 2.05 bits per heavy atom. The Kier molecular flexibility index (Phi) is 3.86. The average molecular weight is 297 g/mol. The molecular weight excluding hydrogens is 285 g/mol. The molecule has 0 spiro atoms. The smallest absolute Gasteiger partial charge is 0.255 e. The zero-order valence-electron chi connectivity index (χ0n) is 11.5. The molecule has 0 aliphatic carbocycles. The second-order valence-electron chi connectivity index (χ2n) is 4.52. The van der Waals surface area contributed by atoms with Gasteiger partial charge in [-0.3, -0.25) is 4.79 Å². The molecule has 1 N–H and O–H groups in total. The summed E-state index contributed by atoms with van der Waals surface area (Å²) in [4.78, 5) is 20.3. The number of nitrogens with zero attached hydrogens (tertiary/aromatic N) is 4. The number of hydrogen-bond donors (Lipinski definition) is 1. The molecule has 0 radical (unpaired) electrons. The van der Waals surface area contributed by atoms with Crippen LogP contribution in [0.2, 0.25) is 0 Å². The van der Waals surface area contributed by atoms with Gasteiger partial charge in [-0.05, 0) is 29.8 Å². The number of benzene rings is 1. The molecule has 3 rings (SSSR count). The summed E-state index contributed by atoms with van der Waals surface area (Å²) in [5.74, 6) is -0.199. The van der Waals surface area contributed by atoms with Gasteiger partial charge < -0.3 is 5.32 Å². The van der Waals surface area contributed by atoms with Crippen molar-refractivity contribution in [3.05, 3.63) is 72.2 Å². The molecule has 0 saturated carbocycles. The van der Waals surface area contributed by atoms with Crippen molar-refractivity contribution in [2.24, 2.45) is 0 Å². The lowest BCUT2D eigenvalue weighted by molar-refractivity contribution is 0.0950. The first kappa shape index (κ1) is 13.9. The molecule has 0 unspecified atom stereocenters. The average Bonchev–Trinajstić information content (AvgIpc) is 3.08. The Hall–Kier alpha value is -3.09. The monoisotopic (exact) mass is 297 g/mol. The lowest BCUT2D eigenvalue weighted by Gasteiger charge is -2.09. The van der Waals surface area contributed by atoms with E-state index in [0.29, 0.717) is 17.9 Å². The van der Waals surface area contributed by atoms with Crippen LogP contribution in [0.4, 0.5) is 4.39 Å². The van der Waals surface area contributed by atoms with E-state index in [9.17, 15) is 9.18 Å². The number of carbonyl (C=O) groups excluding carboxylic acids is 1. The van der Waals surface area contributed by atoms with E-state index < -0.39 is 0 Å². The highest BCUT2D eigenvalue weighted by atomic mass is 19.1. The summed E-state index contributed by atoms with van der Waals surface area (Å²) < 4.78 is 14.3. The molecule has 0 saturated heterocycles. The minimum absolute atomic E-state index is 0.289. The number of rotatable bonds is 4. The third-order valence-electron chi connectivity index (χ3n) is 3.03. The number of amides is 1. The van der Waals surface area contributed by atoms with Gasteiger partial charge in [0.25, 0.3) is 5.91 Å². The van der Waals surface area contributed by atoms with Crippen molar-refractivity contribution in [3.63, 3.8) is 0 Å². The van der Waals surface area contributed by atoms with Gasteiger partial charge in [0.2, 0.25) is 0 Å². The van der Waals surface area contributed by atoms with Crippen LogP contribution in [0.1, 0.15) is 15.9 Å². The predicted octanol–water partition coefficient (Wildman–Crippen LogP) is 1.73. The lowest BCUT2D eigenvalue weighted by Crippen LogP contribution is -2.24. The Balaban J connectivity index is 1.77. The molecule has 110 valence electrons. The summed E-state index contributed by atoms with van der Waals surface area (Å²) in [7, 11) is 0. The summed E-state index contributed by atoms with van der Waals surface area (Å²) in [6.07, 6.45) is 4.42. The van der Waals surface area contributed by atoms with Gasteiger partial charge in [0.15, 0.2) is 5.82 Å². The molecule has 2 aromatic heterocycles. The van der Waals surface area contributed by atoms with E-state index in [1.807, 2.05) is 0 Å². The maximum atomic E-state index is 12.8. The molecule has 7 heteroatoms. The Morgan fingerprint density at radius 3 is 2.77 bits per heavy atom. The first-order valence-corrected chi connectivity index (χ1v) is 6.57. The van der Waals surface area contributed by atoms with Crippen molar-refractivity contribution in [1.82, 2.24) is 25.1 Å². The molecule has 2 heterocycles. The largest absolute Gasteiger partial charge is 0.348 e. The van der Waals surface area contributed by atoms with Crippen molar-refractivity contribution in [2.75, 3.05) is 0 Å². The number of aromatic nitrogens is 4. The molecule has 3 aromatic rings. The van der Waals surface area contributed by atoms with Crippen LogP contribution in [0.15, 0.2) is 55.2 Å². The highest BCUT2D eigenvalue weighted by Crippen LogP contribution is 2.10. The van der Waals surface area contributed by atoms with Crippen LogP contribution in [0.5, 0.6) is 0 Å². The number of pyridine rings is 1. The van der Waals surface area contributed by atoms with E-state index in [1.165, 1.54) is 29.5 Å². The van der Waals surface area contributed by atoms with Gasteiger partial charge in [0.1, 0.15) is 18.5 Å². The summed E-state index contributed by atoms with van der Waals surface area (Å²) in [6, 6.07) is 9.28. The maximum Gasteiger partial charge on any atom is 0.255 e. The van der Waals surface area contributed by atoms with E-state index in [4.69, 9.17) is 0 Å². The van der Waals surface area contributed by atoms with E-state index in [-0.39, 0.29) is 11.7 Å². The second-order valence-corrected chi connectivity index (χ2v) is 4.52. The summed E-state index contributed by atoms with van der Waals surface area (Å²) >= 11 is 0. The van der Waals surface area contributed by atoms with Crippen molar-refractivity contribution in [1.29, 1.82) is 0 Å². The summed E-state index contributed by atoms with van der Waals surface area (Å²) in [5.41, 5.74) is 1.19. The standard InChI is InChI=1S/C15H12FN5O/c16-12-5-3-11(4-6-12)8-19-15(22)13-2-1-7-18-14(13)21-10-17-9-20-21/h1-7,9-10H,8H2,(H,19,22). The minimum atomic E-state index is -0.309. The van der Waals surface area contributed by atoms with Gasteiger partial charge in [0, 0.05) is 12.7 Å². The van der Waals surface area contributed by atoms with Crippen LogP contribution in [0.3, 0.4) is 0 Å². The minimum Gasteiger partial charge on any atom is -0.348 e. The lowest BCUT2D eigenvalue weighted by atomic mass is 10.2. The predicted molar refractivity (Wildman–Crippen MR) is 76.7 cm³/mol. The maximum absolute atomic E-state index is 12.8. The number of nitrogens with one attached hydrogen (secondary N) is 1. The zero-order valence-corrected chi connectivity index (χ0v) is 11.5. The van der Waals surface area contributed by atoms with Crippen LogP contribution in [0, 0.1) is 5.82 Å². The van der Waals surface area contributed by atoms with Crippen molar-refractivity contribution >= 4 is 5.91 Å². The van der Waals surface area contributed by atoms with Gasteiger partial charge in [-0.15, -0.1) is 0 Å². The van der Waals surface area contributed by atoms with Gasteiger partial charge >= 0.3 is 0 Å². The molecule has 0 fully saturated rings. The number of halogens is 1. The van der Waals surface area contributed by atoms with Crippen LogP contribution in [-0.4, -0.2) is 25.7 Å². The molecule has 0 aliphatic rings. The van der Waals surface area contributed by atoms with E-state index in [1.54, 1.807) is 30.5 Å². The number of hydrogen-bond acceptors (Lipinski definition) is 4. The summed E-state index contributed by atoms with van der Waals surface area (Å²) in [5, 5.41) is 6.75. The molecule has 6 nitrogen and oxygen atoms in total. The van der Waals surface area contributed by atoms with Crippen LogP contribution < -0.4 is 5.32 Å². The van der Waals surface area contributed by atoms with Crippen LogP contribution >= 0.6 is 0 Å². The van der Waals surface area contributed by atoms with E-state index in [2.05, 4.69) is 20.4 Å². The van der Waals surface area contributed by atoms with Gasteiger partial charge in [0.05, 0.1) is 5.56 Å². The molecule has 1 aromatic carbocycles. The third-order valence-corrected chi connectivity index (χ3v) is 3.03. The fourth-order valence-electron chi connectivity index (χ4n) is 1.95. The van der Waals surface area contributed by atoms with Crippen molar-refractivity contribution in [2.45, 2.75) is 6.54 Å². The highest BCUT2D eigenvalue weighted by Gasteiger charge is 2.13. The van der Waals surface area contributed by atoms with E-state index >= 15 is 0 Å². The van der Waals surface area contributed by atoms with Crippen molar-refractivity contribution in [3.8, 4) is 5.82 Å². The summed E-state index contributed by atoms with van der Waals surface area (Å²) in [6.45, 7) is 0.296. The SMILES string of the molecule is O=C(NCc1ccc(F)cc1)c1cccnc1-n1cncn1. The van der Waals surface area contributed by atoms with Gasteiger partial charge in [-0.1, -0.05) is 12.1 Å². The van der Waals surface area contributed by atoms with E-state index in [0.717, 1.165) is 5.56 Å². The highest BCUT2D eigenvalue weighted by molar-refractivity contribution is 5.96. The first-order chi connectivity index (χ1) is 10.7. The fourth-order valence-corrected chi connectivity index (χ4v) is 1.95. The zero-order chi connectivity index (χ0) is 15.4. The van der Waals surface area contributed by atoms with Gasteiger partial charge in [-0.25, -0.2) is 19.0 Å². The van der Waals surface area contributed by atoms with Gasteiger partial charge in [-0.2, -0.15) is 5.10 Å². The third kappa shape index (κ3) is 2.98. The molecule has 0 atom stereocenters. The quantitative estimate of drug-likeness (QED) is 0.796. The van der Waals surface area contributed by atoms with Crippen LogP contribution in [-0.2, 0) is 6.54 Å². The Bertz CT molecular complexity index is 771. The molecule has 0 aliphatic heterocycles. The Morgan fingerprint density at radius 1 is 1.23 bits per heavy atom. The Labute approximate surface area is 125 Å². The normalized spacial score (nSPS) is 10.4. The van der Waals surface area contributed by atoms with Crippen LogP contribution in [0.25, 0.3) is 5.82 Å². The topological polar surface area (TPSA) is 72.7 Å². The molecule has 1 amide bonds. The molecule has 0 bridgehead atoms. The van der Waals surface area contributed by atoms with Crippen molar-refractivity contribution < 1.29 is 9.18 Å².